The van der Waals surface area contributed by atoms with E-state index in [1.54, 1.807) is 0 Å². The van der Waals surface area contributed by atoms with Gasteiger partial charge in [0.15, 0.2) is 0 Å². The highest BCUT2D eigenvalue weighted by molar-refractivity contribution is 6.48. The minimum atomic E-state index is -1.000. The summed E-state index contributed by atoms with van der Waals surface area (Å²) in [6.45, 7) is 13.4. The molecule has 0 saturated carbocycles. The Labute approximate surface area is 116 Å². The zero-order valence-electron chi connectivity index (χ0n) is 13.3. The molecule has 0 aliphatic carbocycles. The van der Waals surface area contributed by atoms with Crippen molar-refractivity contribution in [2.45, 2.75) is 79.3 Å². The quantitative estimate of drug-likeness (QED) is 0.360. The summed E-state index contributed by atoms with van der Waals surface area (Å²) in [4.78, 5) is 0. The van der Waals surface area contributed by atoms with Crippen LogP contribution in [0, 0.1) is 23.4 Å². The van der Waals surface area contributed by atoms with Gasteiger partial charge in [-0.15, -0.1) is 0 Å². The molecule has 0 fully saturated rings. The summed E-state index contributed by atoms with van der Waals surface area (Å²) in [5, 5.41) is 0. The van der Waals surface area contributed by atoms with Crippen molar-refractivity contribution in [1.29, 1.82) is 0 Å². The molecule has 0 aliphatic rings. The molecule has 0 N–H and O–H groups in total. The van der Waals surface area contributed by atoms with E-state index in [1.165, 1.54) is 38.5 Å². The van der Waals surface area contributed by atoms with Gasteiger partial charge in [0.2, 0.25) is 9.04 Å². The van der Waals surface area contributed by atoms with Crippen LogP contribution in [0.4, 0.5) is 0 Å². The molecule has 0 bridgehead atoms. The van der Waals surface area contributed by atoms with Crippen LogP contribution in [-0.2, 0) is 4.43 Å². The maximum atomic E-state index is 5.49. The molecule has 0 radical (unpaired) electrons. The topological polar surface area (TPSA) is 9.23 Å². The molecule has 0 spiro atoms. The average Bonchev–Trinajstić information content (AvgIpc) is 2.24. The van der Waals surface area contributed by atoms with Crippen LogP contribution in [0.1, 0.15) is 66.2 Å². The maximum Gasteiger partial charge on any atom is 0.244 e. The lowest BCUT2D eigenvalue weighted by Gasteiger charge is -2.26. The highest BCUT2D eigenvalue weighted by Gasteiger charge is 2.22. The normalized spacial score (nSPS) is 13.1. The lowest BCUT2D eigenvalue weighted by Crippen LogP contribution is -2.19. The Kier molecular flexibility index (Phi) is 9.28. The minimum Gasteiger partial charge on any atom is -0.505 e. The summed E-state index contributed by atoms with van der Waals surface area (Å²) in [6, 6.07) is 0. The molecule has 0 saturated heterocycles. The molecule has 18 heavy (non-hydrogen) atoms. The molecule has 0 aliphatic heterocycles. The first-order valence-electron chi connectivity index (χ1n) is 7.54. The highest BCUT2D eigenvalue weighted by Crippen LogP contribution is 2.29. The summed E-state index contributed by atoms with van der Waals surface area (Å²) < 4.78 is 5.49. The van der Waals surface area contributed by atoms with Crippen molar-refractivity contribution in [1.82, 2.24) is 0 Å². The van der Waals surface area contributed by atoms with Crippen LogP contribution in [0.3, 0.4) is 0 Å². The van der Waals surface area contributed by atoms with Crippen LogP contribution in [0.25, 0.3) is 0 Å². The highest BCUT2D eigenvalue weighted by atomic mass is 28.3. The van der Waals surface area contributed by atoms with Gasteiger partial charge in [0, 0.05) is 5.92 Å². The van der Waals surface area contributed by atoms with Crippen molar-refractivity contribution in [3.8, 4) is 12.0 Å². The van der Waals surface area contributed by atoms with Crippen molar-refractivity contribution in [2.24, 2.45) is 11.3 Å². The fourth-order valence-electron chi connectivity index (χ4n) is 1.90. The van der Waals surface area contributed by atoms with Crippen molar-refractivity contribution in [3.63, 3.8) is 0 Å². The van der Waals surface area contributed by atoms with Crippen LogP contribution in [0.2, 0.25) is 13.1 Å². The zero-order valence-corrected chi connectivity index (χ0v) is 14.5. The van der Waals surface area contributed by atoms with Gasteiger partial charge in [0.05, 0.1) is 6.11 Å². The second-order valence-corrected chi connectivity index (χ2v) is 8.87. The Hall–Kier alpha value is -0.423. The average molecular weight is 269 g/mol. The molecule has 1 nitrogen and oxygen atoms in total. The summed E-state index contributed by atoms with van der Waals surface area (Å²) >= 11 is 0. The third-order valence-electron chi connectivity index (χ3n) is 3.17. The van der Waals surface area contributed by atoms with E-state index in [9.17, 15) is 0 Å². The van der Waals surface area contributed by atoms with Crippen LogP contribution in [-0.4, -0.2) is 9.04 Å². The van der Waals surface area contributed by atoms with Crippen molar-refractivity contribution < 1.29 is 4.43 Å². The molecule has 0 aromatic carbocycles. The molecular weight excluding hydrogens is 236 g/mol. The van der Waals surface area contributed by atoms with Gasteiger partial charge in [-0.3, -0.25) is 0 Å². The molecule has 0 heterocycles. The zero-order chi connectivity index (χ0) is 14.0. The minimum absolute atomic E-state index is 0.264. The number of hydrogen-bond donors (Lipinski definition) is 0. The van der Waals surface area contributed by atoms with E-state index < -0.39 is 9.04 Å². The molecule has 106 valence electrons. The van der Waals surface area contributed by atoms with E-state index >= 15 is 0 Å². The van der Waals surface area contributed by atoms with Gasteiger partial charge in [-0.05, 0) is 24.9 Å². The molecule has 0 unspecified atom stereocenters. The second kappa shape index (κ2) is 9.50. The van der Waals surface area contributed by atoms with Gasteiger partial charge in [-0.25, -0.2) is 0 Å². The first-order valence-corrected chi connectivity index (χ1v) is 10.3. The van der Waals surface area contributed by atoms with Crippen LogP contribution in [0.15, 0.2) is 0 Å². The van der Waals surface area contributed by atoms with Crippen LogP contribution >= 0.6 is 0 Å². The first-order chi connectivity index (χ1) is 8.38. The molecule has 0 amide bonds. The van der Waals surface area contributed by atoms with E-state index in [-0.39, 0.29) is 5.41 Å². The lowest BCUT2D eigenvalue weighted by atomic mass is 9.78. The Balaban J connectivity index is 4.12. The number of rotatable bonds is 7. The standard InChI is InChI=1S/C16H32OSi/c1-7-8-9-10-11-12-15(16(2,3)4)13-14-17-18(5)6/h15,18H,7-12H2,1-6H3/t15-/m1/s1. The van der Waals surface area contributed by atoms with E-state index in [4.69, 9.17) is 4.43 Å². The van der Waals surface area contributed by atoms with Gasteiger partial charge in [-0.2, -0.15) is 0 Å². The van der Waals surface area contributed by atoms with Gasteiger partial charge >= 0.3 is 0 Å². The molecule has 1 atom stereocenters. The number of unbranched alkanes of at least 4 members (excludes halogenated alkanes) is 4. The molecule has 2 heteroatoms. The van der Waals surface area contributed by atoms with Crippen molar-refractivity contribution in [3.05, 3.63) is 0 Å². The number of hydrogen-bond acceptors (Lipinski definition) is 1. The monoisotopic (exact) mass is 268 g/mol. The Bertz CT molecular complexity index is 254. The second-order valence-electron chi connectivity index (χ2n) is 6.53. The molecule has 0 aromatic rings. The summed E-state index contributed by atoms with van der Waals surface area (Å²) in [6.07, 6.45) is 10.9. The largest absolute Gasteiger partial charge is 0.505 e. The van der Waals surface area contributed by atoms with Crippen molar-refractivity contribution >= 4 is 9.04 Å². The molecular formula is C16H32OSi. The molecule has 0 aromatic heterocycles. The maximum absolute atomic E-state index is 5.49. The van der Waals surface area contributed by atoms with E-state index in [2.05, 4.69) is 52.8 Å². The van der Waals surface area contributed by atoms with Gasteiger partial charge in [0.25, 0.3) is 0 Å². The van der Waals surface area contributed by atoms with E-state index in [0.717, 1.165) is 0 Å². The third-order valence-corrected chi connectivity index (χ3v) is 3.76. The van der Waals surface area contributed by atoms with Crippen LogP contribution < -0.4 is 0 Å². The van der Waals surface area contributed by atoms with Crippen LogP contribution in [0.5, 0.6) is 0 Å². The van der Waals surface area contributed by atoms with Crippen molar-refractivity contribution in [2.75, 3.05) is 0 Å². The Morgan fingerprint density at radius 1 is 1.06 bits per heavy atom. The fraction of sp³-hybridized carbons (Fsp3) is 0.875. The third kappa shape index (κ3) is 9.59. The predicted octanol–water partition coefficient (Wildman–Crippen LogP) is 4.97. The fourth-order valence-corrected chi connectivity index (χ4v) is 2.20. The summed E-state index contributed by atoms with van der Waals surface area (Å²) in [5.74, 6) is 3.81. The molecule has 0 rings (SSSR count). The summed E-state index contributed by atoms with van der Waals surface area (Å²) in [7, 11) is -1.000. The Morgan fingerprint density at radius 3 is 2.17 bits per heavy atom. The lowest BCUT2D eigenvalue weighted by molar-refractivity contribution is 0.279. The van der Waals surface area contributed by atoms with Gasteiger partial charge in [0.1, 0.15) is 0 Å². The van der Waals surface area contributed by atoms with E-state index in [0.29, 0.717) is 5.92 Å². The smallest absolute Gasteiger partial charge is 0.244 e. The van der Waals surface area contributed by atoms with Gasteiger partial charge < -0.3 is 4.43 Å². The van der Waals surface area contributed by atoms with Gasteiger partial charge in [-0.1, -0.05) is 65.7 Å². The first kappa shape index (κ1) is 17.6. The summed E-state index contributed by atoms with van der Waals surface area (Å²) in [5.41, 5.74) is 0.264. The SMILES string of the molecule is CCCCCCC[C@H](C#CO[SiH](C)C)C(C)(C)C. The van der Waals surface area contributed by atoms with E-state index in [1.807, 2.05) is 0 Å². The predicted molar refractivity (Wildman–Crippen MR) is 84.1 cm³/mol. The Morgan fingerprint density at radius 2 is 1.67 bits per heavy atom.